The highest BCUT2D eigenvalue weighted by molar-refractivity contribution is 6.04. The quantitative estimate of drug-likeness (QED) is 0.260. The van der Waals surface area contributed by atoms with Crippen molar-refractivity contribution in [1.82, 2.24) is 4.98 Å². The molecule has 2 N–H and O–H groups in total. The average Bonchev–Trinajstić information content (AvgIpc) is 3.14. The second-order valence-corrected chi connectivity index (χ2v) is 11.9. The van der Waals surface area contributed by atoms with Gasteiger partial charge in [-0.05, 0) is 111 Å². The summed E-state index contributed by atoms with van der Waals surface area (Å²) in [5, 5.41) is 14.8. The number of ether oxygens (including phenoxy) is 1. The second kappa shape index (κ2) is 11.5. The smallest absolute Gasteiger partial charge is 0.255 e. The number of nitrogens with zero attached hydrogens (tertiary/aromatic N) is 1. The Balaban J connectivity index is 1.31. The van der Waals surface area contributed by atoms with Crippen LogP contribution in [0.4, 0.5) is 5.69 Å². The summed E-state index contributed by atoms with van der Waals surface area (Å²) in [6, 6.07) is 30.5. The zero-order chi connectivity index (χ0) is 28.3. The van der Waals surface area contributed by atoms with Gasteiger partial charge >= 0.3 is 0 Å². The Hall–Kier alpha value is -3.96. The number of hydrogen-bond donors (Lipinski definition) is 2. The molecule has 1 heterocycles. The Kier molecular flexibility index (Phi) is 7.63. The van der Waals surface area contributed by atoms with Gasteiger partial charge in [0, 0.05) is 17.2 Å². The van der Waals surface area contributed by atoms with Crippen molar-refractivity contribution in [3.63, 3.8) is 0 Å². The number of para-hydroxylation sites is 1. The van der Waals surface area contributed by atoms with Crippen molar-refractivity contribution >= 4 is 11.6 Å². The summed E-state index contributed by atoms with van der Waals surface area (Å²) in [5.74, 6) is 0.984. The van der Waals surface area contributed by atoms with Crippen LogP contribution >= 0.6 is 0 Å². The number of amides is 1. The molecule has 0 spiro atoms. The van der Waals surface area contributed by atoms with Crippen molar-refractivity contribution in [3.05, 3.63) is 125 Å². The number of benzene rings is 3. The van der Waals surface area contributed by atoms with Gasteiger partial charge in [0.15, 0.2) is 0 Å². The normalized spacial score (nSPS) is 23.5. The molecule has 2 aliphatic carbocycles. The Labute approximate surface area is 242 Å². The summed E-state index contributed by atoms with van der Waals surface area (Å²) >= 11 is 0. The van der Waals surface area contributed by atoms with Crippen molar-refractivity contribution in [2.45, 2.75) is 62.9 Å². The number of hydrogen-bond acceptors (Lipinski definition) is 4. The van der Waals surface area contributed by atoms with Crippen LogP contribution in [0.25, 0.3) is 0 Å². The molecule has 1 fully saturated rings. The molecule has 0 saturated heterocycles. The van der Waals surface area contributed by atoms with Gasteiger partial charge in [-0.15, -0.1) is 0 Å². The molecule has 0 aliphatic heterocycles. The third-order valence-electron chi connectivity index (χ3n) is 9.22. The lowest BCUT2D eigenvalue weighted by Crippen LogP contribution is -2.51. The number of nitrogens with one attached hydrogen (secondary N) is 1. The first-order valence-electron chi connectivity index (χ1n) is 14.7. The van der Waals surface area contributed by atoms with Gasteiger partial charge in [-0.1, -0.05) is 54.6 Å². The van der Waals surface area contributed by atoms with Gasteiger partial charge in [0.25, 0.3) is 5.91 Å². The maximum Gasteiger partial charge on any atom is 0.255 e. The Bertz CT molecular complexity index is 1510. The van der Waals surface area contributed by atoms with E-state index in [1.165, 1.54) is 16.7 Å². The van der Waals surface area contributed by atoms with E-state index in [1.807, 2.05) is 55.5 Å². The van der Waals surface area contributed by atoms with E-state index >= 15 is 0 Å². The van der Waals surface area contributed by atoms with E-state index in [4.69, 9.17) is 4.74 Å². The number of pyridine rings is 1. The van der Waals surface area contributed by atoms with Gasteiger partial charge < -0.3 is 15.2 Å². The molecular weight excluding hydrogens is 508 g/mol. The molecule has 2 aliphatic rings. The first-order chi connectivity index (χ1) is 19.9. The summed E-state index contributed by atoms with van der Waals surface area (Å²) in [4.78, 5) is 17.6. The minimum atomic E-state index is -0.868. The number of fused-ring (bicyclic) bond motifs is 3. The zero-order valence-corrected chi connectivity index (χ0v) is 23.7. The average molecular weight is 547 g/mol. The molecule has 1 saturated carbocycles. The molecule has 41 heavy (non-hydrogen) atoms. The molecule has 0 radical (unpaired) electrons. The molecule has 4 aromatic rings. The fraction of sp³-hybridized carbons (Fsp3) is 0.333. The van der Waals surface area contributed by atoms with Gasteiger partial charge in [0.1, 0.15) is 12.4 Å². The summed E-state index contributed by atoms with van der Waals surface area (Å²) in [6.45, 7) is 2.20. The Morgan fingerprint density at radius 1 is 1.00 bits per heavy atom. The molecule has 5 nitrogen and oxygen atoms in total. The van der Waals surface area contributed by atoms with Crippen molar-refractivity contribution in [2.75, 3.05) is 11.9 Å². The molecule has 210 valence electrons. The lowest BCUT2D eigenvalue weighted by molar-refractivity contribution is -0.0740. The number of carbonyl (C=O) groups is 1. The van der Waals surface area contributed by atoms with Crippen molar-refractivity contribution in [3.8, 4) is 5.75 Å². The third-order valence-corrected chi connectivity index (χ3v) is 9.22. The molecule has 0 bridgehead atoms. The van der Waals surface area contributed by atoms with Crippen LogP contribution in [0.1, 0.15) is 64.8 Å². The third kappa shape index (κ3) is 5.77. The molecule has 5 heteroatoms. The molecule has 1 aromatic heterocycles. The maximum absolute atomic E-state index is 13.3. The molecule has 3 aromatic carbocycles. The van der Waals surface area contributed by atoms with Gasteiger partial charge in [-0.3, -0.25) is 9.78 Å². The van der Waals surface area contributed by atoms with Crippen LogP contribution in [0.3, 0.4) is 0 Å². The SMILES string of the molecule is Cc1ncccc1NC(=O)c1ccc2c(c1)CCC[C@@H]1C[C@](O)(COc3ccccc3)CC[C@]21Cc1ccccc1. The summed E-state index contributed by atoms with van der Waals surface area (Å²) in [6.07, 6.45) is 7.88. The van der Waals surface area contributed by atoms with Crippen LogP contribution in [0.15, 0.2) is 97.2 Å². The highest BCUT2D eigenvalue weighted by Crippen LogP contribution is 2.53. The van der Waals surface area contributed by atoms with Crippen LogP contribution in [0.2, 0.25) is 0 Å². The standard InChI is InChI=1S/C36H38N2O3/c1-26-33(16-9-21-37-26)38-34(39)29-17-18-32-28(22-29)12-8-13-30-24-35(40,25-41-31-14-6-3-7-15-31)19-20-36(30,32)23-27-10-4-2-5-11-27/h2-7,9-11,14-18,21-22,30,40H,8,12-13,19-20,23-25H2,1H3,(H,38,39)/t30-,35+,36-/m1/s1. The highest BCUT2D eigenvalue weighted by Gasteiger charge is 2.51. The molecule has 3 atom stereocenters. The van der Waals surface area contributed by atoms with Crippen molar-refractivity contribution < 1.29 is 14.6 Å². The van der Waals surface area contributed by atoms with E-state index in [0.717, 1.165) is 49.2 Å². The predicted octanol–water partition coefficient (Wildman–Crippen LogP) is 7.07. The maximum atomic E-state index is 13.3. The largest absolute Gasteiger partial charge is 0.491 e. The van der Waals surface area contributed by atoms with E-state index in [-0.39, 0.29) is 11.3 Å². The molecule has 1 amide bonds. The number of anilines is 1. The number of rotatable bonds is 7. The Morgan fingerprint density at radius 3 is 2.56 bits per heavy atom. The lowest BCUT2D eigenvalue weighted by atomic mass is 9.56. The fourth-order valence-corrected chi connectivity index (χ4v) is 7.08. The molecule has 0 unspecified atom stereocenters. The van der Waals surface area contributed by atoms with Crippen molar-refractivity contribution in [1.29, 1.82) is 0 Å². The van der Waals surface area contributed by atoms with E-state index in [2.05, 4.69) is 52.8 Å². The summed E-state index contributed by atoms with van der Waals surface area (Å²) in [5.41, 5.74) is 5.12. The van der Waals surface area contributed by atoms with Gasteiger partial charge in [0.2, 0.25) is 0 Å². The van der Waals surface area contributed by atoms with Crippen LogP contribution in [0, 0.1) is 12.8 Å². The number of aromatic nitrogens is 1. The van der Waals surface area contributed by atoms with E-state index in [0.29, 0.717) is 30.9 Å². The zero-order valence-electron chi connectivity index (χ0n) is 23.7. The first-order valence-corrected chi connectivity index (χ1v) is 14.7. The van der Waals surface area contributed by atoms with Crippen molar-refractivity contribution in [2.24, 2.45) is 5.92 Å². The fourth-order valence-electron chi connectivity index (χ4n) is 7.08. The topological polar surface area (TPSA) is 71.5 Å². The summed E-state index contributed by atoms with van der Waals surface area (Å²) < 4.78 is 6.08. The van der Waals surface area contributed by atoms with Gasteiger partial charge in [-0.25, -0.2) is 0 Å². The first kappa shape index (κ1) is 27.2. The predicted molar refractivity (Wildman–Crippen MR) is 162 cm³/mol. The van der Waals surface area contributed by atoms with Crippen LogP contribution in [0.5, 0.6) is 5.75 Å². The number of aryl methyl sites for hydroxylation is 2. The minimum Gasteiger partial charge on any atom is -0.491 e. The monoisotopic (exact) mass is 546 g/mol. The Morgan fingerprint density at radius 2 is 1.78 bits per heavy atom. The van der Waals surface area contributed by atoms with E-state index in [9.17, 15) is 9.90 Å². The van der Waals surface area contributed by atoms with Crippen LogP contribution < -0.4 is 10.1 Å². The minimum absolute atomic E-state index is 0.110. The number of carbonyl (C=O) groups excluding carboxylic acids is 1. The lowest BCUT2D eigenvalue weighted by Gasteiger charge is -2.50. The van der Waals surface area contributed by atoms with E-state index in [1.54, 1.807) is 6.20 Å². The second-order valence-electron chi connectivity index (χ2n) is 11.9. The van der Waals surface area contributed by atoms with Crippen LogP contribution in [-0.2, 0) is 18.3 Å². The highest BCUT2D eigenvalue weighted by atomic mass is 16.5. The van der Waals surface area contributed by atoms with Gasteiger partial charge in [0.05, 0.1) is 17.0 Å². The molecular formula is C36H38N2O3. The molecule has 6 rings (SSSR count). The van der Waals surface area contributed by atoms with E-state index < -0.39 is 5.60 Å². The van der Waals surface area contributed by atoms with Gasteiger partial charge in [-0.2, -0.15) is 0 Å². The number of aliphatic hydroxyl groups is 1. The summed E-state index contributed by atoms with van der Waals surface area (Å²) in [7, 11) is 0. The van der Waals surface area contributed by atoms with Crippen LogP contribution in [-0.4, -0.2) is 28.2 Å².